The molecule has 1 unspecified atom stereocenters. The number of rotatable bonds is 7. The zero-order valence-electron chi connectivity index (χ0n) is 7.50. The molecule has 0 heterocycles. The molecule has 0 spiro atoms. The van der Waals surface area contributed by atoms with Gasteiger partial charge in [0.1, 0.15) is 31.0 Å². The van der Waals surface area contributed by atoms with Gasteiger partial charge >= 0.3 is 8.25 Å². The molecule has 0 aliphatic rings. The van der Waals surface area contributed by atoms with E-state index in [0.717, 1.165) is 0 Å². The van der Waals surface area contributed by atoms with Crippen molar-refractivity contribution in [2.45, 2.75) is 24.4 Å². The van der Waals surface area contributed by atoms with Crippen LogP contribution in [0.3, 0.4) is 0 Å². The fourth-order valence-corrected chi connectivity index (χ4v) is 1.03. The summed E-state index contributed by atoms with van der Waals surface area (Å²) in [4.78, 5) is 18.2. The van der Waals surface area contributed by atoms with Crippen LogP contribution in [0.15, 0.2) is 0 Å². The molecule has 0 aromatic heterocycles. The maximum atomic E-state index is 10.1. The van der Waals surface area contributed by atoms with Crippen molar-refractivity contribution in [2.24, 2.45) is 0 Å². The lowest BCUT2D eigenvalue weighted by atomic mass is 10.0. The Morgan fingerprint density at radius 2 is 1.73 bits per heavy atom. The second kappa shape index (κ2) is 6.91. The highest BCUT2D eigenvalue weighted by Gasteiger charge is 2.32. The van der Waals surface area contributed by atoms with Gasteiger partial charge in [-0.2, -0.15) is 0 Å². The zero-order chi connectivity index (χ0) is 12.0. The van der Waals surface area contributed by atoms with Crippen molar-refractivity contribution in [1.29, 1.82) is 0 Å². The van der Waals surface area contributed by atoms with Crippen molar-refractivity contribution >= 4 is 14.5 Å². The van der Waals surface area contributed by atoms with Gasteiger partial charge in [-0.25, -0.2) is 0 Å². The van der Waals surface area contributed by atoms with E-state index in [2.05, 4.69) is 4.52 Å². The summed E-state index contributed by atoms with van der Waals surface area (Å²) in [6, 6.07) is 0. The first kappa shape index (κ1) is 14.5. The Labute approximate surface area is 85.7 Å². The molecule has 9 heteroatoms. The van der Waals surface area contributed by atoms with Crippen LogP contribution >= 0.6 is 8.25 Å². The molecule has 5 atom stereocenters. The van der Waals surface area contributed by atoms with E-state index >= 15 is 0 Å². The van der Waals surface area contributed by atoms with Gasteiger partial charge in [0.15, 0.2) is 6.29 Å². The van der Waals surface area contributed by atoms with Gasteiger partial charge in [-0.1, -0.05) is 0 Å². The SMILES string of the molecule is O=C[C@H](O)[C@@H](O)[C@@H](O)[C@H](O)CO[P+](=O)O. The highest BCUT2D eigenvalue weighted by Crippen LogP contribution is 2.16. The standard InChI is InChI=1S/C6H11O8P/c7-1-3(8)5(10)6(11)4(9)2-14-15(12)13/h1,3-6,8-11H,2H2/p+1/t3-,4+,5+,6-/m0/s1. The van der Waals surface area contributed by atoms with E-state index in [9.17, 15) is 9.36 Å². The lowest BCUT2D eigenvalue weighted by molar-refractivity contribution is -0.135. The molecule has 15 heavy (non-hydrogen) atoms. The molecule has 88 valence electrons. The van der Waals surface area contributed by atoms with Gasteiger partial charge in [0.25, 0.3) is 0 Å². The fourth-order valence-electron chi connectivity index (χ4n) is 0.749. The van der Waals surface area contributed by atoms with Gasteiger partial charge < -0.3 is 25.2 Å². The third kappa shape index (κ3) is 5.24. The summed E-state index contributed by atoms with van der Waals surface area (Å²) in [6.45, 7) is -0.713. The Bertz CT molecular complexity index is 221. The molecule has 0 saturated heterocycles. The number of hydrogen-bond donors (Lipinski definition) is 5. The van der Waals surface area contributed by atoms with Crippen LogP contribution in [-0.2, 0) is 13.9 Å². The number of hydrogen-bond acceptors (Lipinski definition) is 7. The molecule has 0 rings (SSSR count). The maximum absolute atomic E-state index is 10.1. The van der Waals surface area contributed by atoms with Crippen LogP contribution in [0.5, 0.6) is 0 Å². The van der Waals surface area contributed by atoms with E-state index < -0.39 is 39.3 Å². The summed E-state index contributed by atoms with van der Waals surface area (Å²) in [7, 11) is -2.93. The molecule has 0 amide bonds. The van der Waals surface area contributed by atoms with Crippen molar-refractivity contribution in [2.75, 3.05) is 6.61 Å². The summed E-state index contributed by atoms with van der Waals surface area (Å²) >= 11 is 0. The van der Waals surface area contributed by atoms with E-state index in [-0.39, 0.29) is 6.29 Å². The minimum atomic E-state index is -2.93. The average molecular weight is 243 g/mol. The van der Waals surface area contributed by atoms with E-state index in [0.29, 0.717) is 0 Å². The molecular weight excluding hydrogens is 231 g/mol. The molecule has 8 nitrogen and oxygen atoms in total. The summed E-state index contributed by atoms with van der Waals surface area (Å²) in [5.74, 6) is 0. The first-order valence-electron chi connectivity index (χ1n) is 3.86. The molecular formula is C6H12O8P+. The number of aliphatic hydroxyl groups excluding tert-OH is 4. The fraction of sp³-hybridized carbons (Fsp3) is 0.833. The van der Waals surface area contributed by atoms with Crippen LogP contribution in [0.1, 0.15) is 0 Å². The van der Waals surface area contributed by atoms with Crippen molar-refractivity contribution in [1.82, 2.24) is 0 Å². The van der Waals surface area contributed by atoms with Gasteiger partial charge in [0.05, 0.1) is 0 Å². The smallest absolute Gasteiger partial charge is 0.388 e. The quantitative estimate of drug-likeness (QED) is 0.240. The van der Waals surface area contributed by atoms with Crippen molar-refractivity contribution in [3.8, 4) is 0 Å². The Balaban J connectivity index is 4.11. The zero-order valence-corrected chi connectivity index (χ0v) is 8.40. The molecule has 0 bridgehead atoms. The van der Waals surface area contributed by atoms with Crippen LogP contribution in [0.25, 0.3) is 0 Å². The van der Waals surface area contributed by atoms with Gasteiger partial charge in [0, 0.05) is 4.57 Å². The summed E-state index contributed by atoms with van der Waals surface area (Å²) in [5.41, 5.74) is 0. The Morgan fingerprint density at radius 3 is 2.13 bits per heavy atom. The van der Waals surface area contributed by atoms with E-state index in [1.54, 1.807) is 0 Å². The lowest BCUT2D eigenvalue weighted by Gasteiger charge is -2.22. The van der Waals surface area contributed by atoms with Crippen LogP contribution < -0.4 is 0 Å². The Kier molecular flexibility index (Phi) is 6.70. The molecule has 5 N–H and O–H groups in total. The van der Waals surface area contributed by atoms with Gasteiger partial charge in [-0.15, -0.1) is 9.42 Å². The van der Waals surface area contributed by atoms with Crippen LogP contribution in [0, 0.1) is 0 Å². The van der Waals surface area contributed by atoms with E-state index in [1.807, 2.05) is 0 Å². The summed E-state index contributed by atoms with van der Waals surface area (Å²) in [5, 5.41) is 36.0. The number of aliphatic hydroxyl groups is 4. The van der Waals surface area contributed by atoms with Gasteiger partial charge in [-0.3, -0.25) is 0 Å². The molecule has 0 aliphatic carbocycles. The highest BCUT2D eigenvalue weighted by atomic mass is 31.1. The van der Waals surface area contributed by atoms with Gasteiger partial charge in [0.2, 0.25) is 0 Å². The third-order valence-electron chi connectivity index (χ3n) is 1.59. The normalized spacial score (nSPS) is 20.2. The largest absolute Gasteiger partial charge is 0.694 e. The topological polar surface area (TPSA) is 145 Å². The number of aldehydes is 1. The Hall–Kier alpha value is -0.470. The van der Waals surface area contributed by atoms with Crippen molar-refractivity contribution < 1.29 is 39.2 Å². The first-order valence-corrected chi connectivity index (χ1v) is 4.99. The minimum Gasteiger partial charge on any atom is -0.388 e. The van der Waals surface area contributed by atoms with E-state index in [1.165, 1.54) is 0 Å². The lowest BCUT2D eigenvalue weighted by Crippen LogP contribution is -2.46. The van der Waals surface area contributed by atoms with Crippen molar-refractivity contribution in [3.63, 3.8) is 0 Å². The molecule has 0 fully saturated rings. The molecule has 0 aromatic carbocycles. The summed E-state index contributed by atoms with van der Waals surface area (Å²) < 4.78 is 14.1. The monoisotopic (exact) mass is 243 g/mol. The molecule has 0 aromatic rings. The molecule has 0 saturated carbocycles. The second-order valence-electron chi connectivity index (χ2n) is 2.71. The average Bonchev–Trinajstić information content (AvgIpc) is 2.22. The first-order chi connectivity index (χ1) is 6.90. The summed E-state index contributed by atoms with van der Waals surface area (Å²) in [6.07, 6.45) is -7.32. The second-order valence-corrected chi connectivity index (χ2v) is 3.44. The predicted molar refractivity (Wildman–Crippen MR) is 45.9 cm³/mol. The van der Waals surface area contributed by atoms with Crippen LogP contribution in [0.4, 0.5) is 0 Å². The highest BCUT2D eigenvalue weighted by molar-refractivity contribution is 7.32. The van der Waals surface area contributed by atoms with Crippen LogP contribution in [0.2, 0.25) is 0 Å². The third-order valence-corrected chi connectivity index (χ3v) is 1.96. The predicted octanol–water partition coefficient (Wildman–Crippen LogP) is -2.70. The number of carbonyl (C=O) groups is 1. The molecule has 0 aliphatic heterocycles. The van der Waals surface area contributed by atoms with Crippen molar-refractivity contribution in [3.05, 3.63) is 0 Å². The van der Waals surface area contributed by atoms with Gasteiger partial charge in [-0.05, 0) is 0 Å². The maximum Gasteiger partial charge on any atom is 0.694 e. The Morgan fingerprint density at radius 1 is 1.20 bits per heavy atom. The van der Waals surface area contributed by atoms with Crippen LogP contribution in [-0.4, -0.2) is 62.6 Å². The number of carbonyl (C=O) groups excluding carboxylic acids is 1. The molecule has 0 radical (unpaired) electrons. The van der Waals surface area contributed by atoms with E-state index in [4.69, 9.17) is 25.3 Å². The minimum absolute atomic E-state index is 0.0198.